The van der Waals surface area contributed by atoms with Crippen molar-refractivity contribution in [1.82, 2.24) is 5.48 Å². The van der Waals surface area contributed by atoms with Crippen LogP contribution in [0.2, 0.25) is 5.02 Å². The first kappa shape index (κ1) is 15.9. The summed E-state index contributed by atoms with van der Waals surface area (Å²) in [5.74, 6) is 5.05. The molecule has 2 heterocycles. The molecule has 0 radical (unpaired) electrons. The molecule has 0 aromatic heterocycles. The normalized spacial score (nSPS) is 23.7. The van der Waals surface area contributed by atoms with Crippen molar-refractivity contribution in [2.45, 2.75) is 37.1 Å². The van der Waals surface area contributed by atoms with Crippen LogP contribution >= 0.6 is 11.6 Å². The van der Waals surface area contributed by atoms with Gasteiger partial charge in [0, 0.05) is 23.4 Å². The lowest BCUT2D eigenvalue weighted by atomic mass is 9.81. The first-order chi connectivity index (χ1) is 11.6. The van der Waals surface area contributed by atoms with Crippen molar-refractivity contribution in [1.29, 1.82) is 0 Å². The Hall–Kier alpha value is -1.58. The molecule has 1 aromatic carbocycles. The molecule has 0 atom stereocenters. The highest BCUT2D eigenvalue weighted by Gasteiger charge is 2.48. The van der Waals surface area contributed by atoms with Crippen LogP contribution in [0.25, 0.3) is 0 Å². The summed E-state index contributed by atoms with van der Waals surface area (Å²) in [7, 11) is 0. The van der Waals surface area contributed by atoms with Crippen LogP contribution in [0.4, 0.5) is 4.39 Å². The summed E-state index contributed by atoms with van der Waals surface area (Å²) in [5.41, 5.74) is 3.71. The molecule has 1 N–H and O–H groups in total. The monoisotopic (exact) mass is 349 g/mol. The van der Waals surface area contributed by atoms with E-state index in [0.717, 1.165) is 25.7 Å². The summed E-state index contributed by atoms with van der Waals surface area (Å²) in [5, 5.41) is 0.328. The van der Waals surface area contributed by atoms with E-state index in [1.807, 2.05) is 6.08 Å². The minimum absolute atomic E-state index is 0.328. The highest BCUT2D eigenvalue weighted by atomic mass is 35.5. The van der Waals surface area contributed by atoms with Crippen molar-refractivity contribution in [3.05, 3.63) is 46.4 Å². The van der Waals surface area contributed by atoms with E-state index in [2.05, 4.69) is 17.3 Å². The van der Waals surface area contributed by atoms with Gasteiger partial charge in [-0.2, -0.15) is 0 Å². The zero-order chi connectivity index (χ0) is 16.6. The first-order valence-corrected chi connectivity index (χ1v) is 8.37. The molecule has 24 heavy (non-hydrogen) atoms. The third-order valence-electron chi connectivity index (χ3n) is 4.65. The Balaban J connectivity index is 1.47. The standard InChI is InChI=1S/C18H17ClFNO3/c19-14-9-13(10-15(20)11-14)1-2-16-12-17(24-21-16)3-5-18(6-4-17)22-7-8-23-18/h9-12,21H,3-8H2. The van der Waals surface area contributed by atoms with Gasteiger partial charge in [-0.05, 0) is 43.0 Å². The molecule has 1 saturated heterocycles. The Morgan fingerprint density at radius 2 is 1.79 bits per heavy atom. The van der Waals surface area contributed by atoms with Crippen molar-refractivity contribution in [2.24, 2.45) is 0 Å². The number of hydrogen-bond acceptors (Lipinski definition) is 4. The summed E-state index contributed by atoms with van der Waals surface area (Å²) < 4.78 is 24.8. The number of ether oxygens (including phenoxy) is 2. The molecular weight excluding hydrogens is 333 g/mol. The molecule has 2 spiro atoms. The van der Waals surface area contributed by atoms with E-state index in [-0.39, 0.29) is 5.60 Å². The molecule has 2 aliphatic heterocycles. The van der Waals surface area contributed by atoms with Gasteiger partial charge in [0.1, 0.15) is 17.1 Å². The smallest absolute Gasteiger partial charge is 0.168 e. The Kier molecular flexibility index (Phi) is 4.01. The second-order valence-electron chi connectivity index (χ2n) is 6.34. The zero-order valence-corrected chi connectivity index (χ0v) is 13.8. The van der Waals surface area contributed by atoms with Gasteiger partial charge in [-0.3, -0.25) is 10.3 Å². The van der Waals surface area contributed by atoms with Gasteiger partial charge in [-0.25, -0.2) is 4.39 Å². The lowest BCUT2D eigenvalue weighted by Crippen LogP contribution is -2.43. The van der Waals surface area contributed by atoms with Crippen LogP contribution in [0.5, 0.6) is 0 Å². The van der Waals surface area contributed by atoms with Crippen LogP contribution in [-0.2, 0) is 14.3 Å². The number of halogens is 2. The Labute approximate surface area is 144 Å². The highest BCUT2D eigenvalue weighted by Crippen LogP contribution is 2.43. The third kappa shape index (κ3) is 3.15. The summed E-state index contributed by atoms with van der Waals surface area (Å²) in [6.45, 7) is 1.32. The largest absolute Gasteiger partial charge is 0.348 e. The molecule has 6 heteroatoms. The third-order valence-corrected chi connectivity index (χ3v) is 4.87. The Morgan fingerprint density at radius 1 is 1.04 bits per heavy atom. The van der Waals surface area contributed by atoms with Gasteiger partial charge in [0.25, 0.3) is 0 Å². The van der Waals surface area contributed by atoms with Crippen LogP contribution in [0.3, 0.4) is 0 Å². The average Bonchev–Trinajstić information content (AvgIpc) is 3.16. The second-order valence-corrected chi connectivity index (χ2v) is 6.78. The van der Waals surface area contributed by atoms with Gasteiger partial charge >= 0.3 is 0 Å². The van der Waals surface area contributed by atoms with E-state index < -0.39 is 11.6 Å². The van der Waals surface area contributed by atoms with E-state index in [1.54, 1.807) is 6.07 Å². The number of allylic oxidation sites excluding steroid dienone is 1. The van der Waals surface area contributed by atoms with Gasteiger partial charge in [0.2, 0.25) is 0 Å². The number of rotatable bonds is 0. The number of benzene rings is 1. The molecule has 0 amide bonds. The zero-order valence-electron chi connectivity index (χ0n) is 13.0. The fraction of sp³-hybridized carbons (Fsp3) is 0.444. The summed E-state index contributed by atoms with van der Waals surface area (Å²) in [4.78, 5) is 5.78. The fourth-order valence-corrected chi connectivity index (χ4v) is 3.61. The second kappa shape index (κ2) is 6.05. The van der Waals surface area contributed by atoms with Crippen molar-refractivity contribution in [2.75, 3.05) is 13.2 Å². The number of hydrogen-bond donors (Lipinski definition) is 1. The highest BCUT2D eigenvalue weighted by molar-refractivity contribution is 6.30. The molecular formula is C18H17ClFNO3. The number of nitrogens with one attached hydrogen (secondary N) is 1. The first-order valence-electron chi connectivity index (χ1n) is 8.00. The summed E-state index contributed by atoms with van der Waals surface area (Å²) in [6.07, 6.45) is 5.20. The topological polar surface area (TPSA) is 39.7 Å². The van der Waals surface area contributed by atoms with E-state index in [0.29, 0.717) is 29.5 Å². The maximum atomic E-state index is 13.3. The van der Waals surface area contributed by atoms with E-state index in [9.17, 15) is 4.39 Å². The predicted octanol–water partition coefficient (Wildman–Crippen LogP) is 3.31. The van der Waals surface area contributed by atoms with E-state index in [1.165, 1.54) is 12.1 Å². The van der Waals surface area contributed by atoms with Crippen LogP contribution in [0, 0.1) is 17.7 Å². The minimum atomic E-state index is -0.421. The average molecular weight is 350 g/mol. The maximum Gasteiger partial charge on any atom is 0.168 e. The molecule has 2 fully saturated rings. The van der Waals surface area contributed by atoms with Gasteiger partial charge in [-0.1, -0.05) is 17.5 Å². The van der Waals surface area contributed by atoms with Crippen molar-refractivity contribution in [3.63, 3.8) is 0 Å². The lowest BCUT2D eigenvalue weighted by Gasteiger charge is -2.39. The molecule has 4 rings (SSSR count). The molecule has 1 aromatic rings. The van der Waals surface area contributed by atoms with E-state index >= 15 is 0 Å². The van der Waals surface area contributed by atoms with Gasteiger partial charge in [-0.15, -0.1) is 0 Å². The van der Waals surface area contributed by atoms with Gasteiger partial charge in [0.15, 0.2) is 5.79 Å². The molecule has 1 saturated carbocycles. The van der Waals surface area contributed by atoms with Crippen LogP contribution in [0.15, 0.2) is 30.0 Å². The van der Waals surface area contributed by atoms with Crippen molar-refractivity contribution < 1.29 is 18.7 Å². The van der Waals surface area contributed by atoms with Crippen molar-refractivity contribution >= 4 is 11.6 Å². The minimum Gasteiger partial charge on any atom is -0.348 e. The lowest BCUT2D eigenvalue weighted by molar-refractivity contribution is -0.205. The maximum absolute atomic E-state index is 13.3. The van der Waals surface area contributed by atoms with Gasteiger partial charge in [0.05, 0.1) is 13.2 Å². The summed E-state index contributed by atoms with van der Waals surface area (Å²) >= 11 is 5.84. The van der Waals surface area contributed by atoms with Crippen LogP contribution in [0.1, 0.15) is 31.2 Å². The molecule has 3 aliphatic rings. The van der Waals surface area contributed by atoms with Crippen LogP contribution < -0.4 is 5.48 Å². The SMILES string of the molecule is Fc1cc(Cl)cc(C#CC2=CC3(CCC4(CC3)OCCO4)ON2)c1. The predicted molar refractivity (Wildman–Crippen MR) is 86.4 cm³/mol. The number of hydroxylamine groups is 1. The van der Waals surface area contributed by atoms with Gasteiger partial charge < -0.3 is 9.47 Å². The Morgan fingerprint density at radius 3 is 2.50 bits per heavy atom. The van der Waals surface area contributed by atoms with Crippen LogP contribution in [-0.4, -0.2) is 24.6 Å². The van der Waals surface area contributed by atoms with Crippen molar-refractivity contribution in [3.8, 4) is 11.8 Å². The van der Waals surface area contributed by atoms with E-state index in [4.69, 9.17) is 25.9 Å². The quantitative estimate of drug-likeness (QED) is 0.729. The molecule has 0 unspecified atom stereocenters. The molecule has 4 nitrogen and oxygen atoms in total. The molecule has 1 aliphatic carbocycles. The molecule has 0 bridgehead atoms. The fourth-order valence-electron chi connectivity index (χ4n) is 3.39. The Bertz CT molecular complexity index is 716. The summed E-state index contributed by atoms with van der Waals surface area (Å²) in [6, 6.07) is 4.23. The molecule has 126 valence electrons.